The van der Waals surface area contributed by atoms with Crippen molar-refractivity contribution < 1.29 is 18.1 Å². The third-order valence-corrected chi connectivity index (χ3v) is 7.07. The van der Waals surface area contributed by atoms with E-state index in [-0.39, 0.29) is 6.10 Å². The van der Waals surface area contributed by atoms with Crippen molar-refractivity contribution in [1.29, 1.82) is 0 Å². The van der Waals surface area contributed by atoms with Crippen LogP contribution in [0.1, 0.15) is 136 Å². The lowest BCUT2D eigenvalue weighted by atomic mass is 10.0. The fourth-order valence-electron chi connectivity index (χ4n) is 3.83. The first-order chi connectivity index (χ1) is 13.4. The van der Waals surface area contributed by atoms with Gasteiger partial charge in [-0.25, -0.2) is 0 Å². The van der Waals surface area contributed by atoms with Gasteiger partial charge in [-0.3, -0.25) is 4.55 Å². The van der Waals surface area contributed by atoms with E-state index in [1.54, 1.807) is 0 Å². The molecule has 2 unspecified atom stereocenters. The number of aliphatic hydroxyl groups excluding tert-OH is 1. The van der Waals surface area contributed by atoms with Crippen molar-refractivity contribution in [1.82, 2.24) is 0 Å². The quantitative estimate of drug-likeness (QED) is 0.154. The zero-order valence-electron chi connectivity index (χ0n) is 18.7. The van der Waals surface area contributed by atoms with Crippen molar-refractivity contribution >= 4 is 10.1 Å². The van der Waals surface area contributed by atoms with Crippen LogP contribution in [-0.2, 0) is 10.1 Å². The minimum Gasteiger partial charge on any atom is -0.393 e. The molecule has 0 aliphatic heterocycles. The Morgan fingerprint density at radius 3 is 1.39 bits per heavy atom. The van der Waals surface area contributed by atoms with Crippen LogP contribution >= 0.6 is 0 Å². The number of unbranched alkanes of at least 4 members (excludes halogenated alkanes) is 12. The van der Waals surface area contributed by atoms with Gasteiger partial charge in [0.2, 0.25) is 0 Å². The summed E-state index contributed by atoms with van der Waals surface area (Å²) in [5.74, 6) is 0. The van der Waals surface area contributed by atoms with Crippen molar-refractivity contribution in [2.45, 2.75) is 147 Å². The van der Waals surface area contributed by atoms with Gasteiger partial charge in [-0.1, -0.05) is 104 Å². The van der Waals surface area contributed by atoms with Gasteiger partial charge in [0, 0.05) is 0 Å². The lowest BCUT2D eigenvalue weighted by Gasteiger charge is -2.15. The van der Waals surface area contributed by atoms with E-state index in [1.807, 2.05) is 0 Å². The Morgan fingerprint density at radius 2 is 0.929 bits per heavy atom. The highest BCUT2D eigenvalue weighted by Gasteiger charge is 2.22. The highest BCUT2D eigenvalue weighted by molar-refractivity contribution is 7.86. The van der Waals surface area contributed by atoms with Gasteiger partial charge in [-0.2, -0.15) is 8.42 Å². The molecule has 0 spiro atoms. The molecule has 5 heteroatoms. The molecule has 0 aromatic rings. The summed E-state index contributed by atoms with van der Waals surface area (Å²) < 4.78 is 32.7. The average molecular weight is 421 g/mol. The molecular formula is C23H48O4S. The fraction of sp³-hybridized carbons (Fsp3) is 1.00. The first-order valence-electron chi connectivity index (χ1n) is 12.1. The topological polar surface area (TPSA) is 74.6 Å². The molecule has 4 nitrogen and oxygen atoms in total. The van der Waals surface area contributed by atoms with E-state index >= 15 is 0 Å². The van der Waals surface area contributed by atoms with Crippen molar-refractivity contribution in [3.8, 4) is 0 Å². The van der Waals surface area contributed by atoms with E-state index in [0.717, 1.165) is 32.1 Å². The summed E-state index contributed by atoms with van der Waals surface area (Å²) in [6.07, 6.45) is 19.5. The average Bonchev–Trinajstić information content (AvgIpc) is 2.64. The lowest BCUT2D eigenvalue weighted by Crippen LogP contribution is -2.21. The molecule has 2 atom stereocenters. The van der Waals surface area contributed by atoms with E-state index in [1.165, 1.54) is 64.2 Å². The van der Waals surface area contributed by atoms with Crippen LogP contribution in [0.5, 0.6) is 0 Å². The molecule has 0 aromatic heterocycles. The third kappa shape index (κ3) is 17.9. The molecule has 170 valence electrons. The predicted octanol–water partition coefficient (Wildman–Crippen LogP) is 7.06. The smallest absolute Gasteiger partial charge is 0.267 e. The number of aliphatic hydroxyl groups is 1. The second-order valence-corrected chi connectivity index (χ2v) is 10.2. The molecule has 0 rings (SSSR count). The zero-order valence-corrected chi connectivity index (χ0v) is 19.5. The minimum atomic E-state index is -3.98. The molecule has 2 N–H and O–H groups in total. The predicted molar refractivity (Wildman–Crippen MR) is 120 cm³/mol. The Kier molecular flexibility index (Phi) is 18.8. The number of hydrogen-bond donors (Lipinski definition) is 2. The van der Waals surface area contributed by atoms with Gasteiger partial charge >= 0.3 is 0 Å². The maximum atomic E-state index is 11.6. The largest absolute Gasteiger partial charge is 0.393 e. The summed E-state index contributed by atoms with van der Waals surface area (Å²) in [7, 11) is -3.98. The summed E-state index contributed by atoms with van der Waals surface area (Å²) in [5.41, 5.74) is 0. The first-order valence-corrected chi connectivity index (χ1v) is 13.6. The zero-order chi connectivity index (χ0) is 21.1. The summed E-state index contributed by atoms with van der Waals surface area (Å²) in [4.78, 5) is 0. The Morgan fingerprint density at radius 1 is 0.571 bits per heavy atom. The highest BCUT2D eigenvalue weighted by Crippen LogP contribution is 2.20. The third-order valence-electron chi connectivity index (χ3n) is 5.76. The van der Waals surface area contributed by atoms with Crippen LogP contribution in [0.25, 0.3) is 0 Å². The maximum absolute atomic E-state index is 11.6. The monoisotopic (exact) mass is 420 g/mol. The van der Waals surface area contributed by atoms with Crippen LogP contribution in [-0.4, -0.2) is 29.4 Å². The molecule has 0 amide bonds. The summed E-state index contributed by atoms with van der Waals surface area (Å²) in [6.45, 7) is 4.41. The molecule has 0 aromatic carbocycles. The Balaban J connectivity index is 3.79. The molecule has 0 aliphatic rings. The van der Waals surface area contributed by atoms with Gasteiger partial charge in [0.1, 0.15) is 0 Å². The lowest BCUT2D eigenvalue weighted by molar-refractivity contribution is 0.147. The van der Waals surface area contributed by atoms with Crippen LogP contribution in [0.15, 0.2) is 0 Å². The Labute approximate surface area is 175 Å². The van der Waals surface area contributed by atoms with E-state index in [9.17, 15) is 18.1 Å². The van der Waals surface area contributed by atoms with Crippen molar-refractivity contribution in [3.63, 3.8) is 0 Å². The van der Waals surface area contributed by atoms with Crippen LogP contribution < -0.4 is 0 Å². The standard InChI is InChI=1S/C23H48O4S/c1-3-5-7-9-11-12-13-15-18-22(24)19-17-21-23(28(25,26)27)20-16-14-10-8-6-4-2/h22-24H,3-21H2,1-2H3,(H,25,26,27). The van der Waals surface area contributed by atoms with Gasteiger partial charge in [-0.15, -0.1) is 0 Å². The van der Waals surface area contributed by atoms with Crippen LogP contribution in [0.4, 0.5) is 0 Å². The molecule has 0 bridgehead atoms. The van der Waals surface area contributed by atoms with Gasteiger partial charge in [-0.05, 0) is 32.1 Å². The van der Waals surface area contributed by atoms with Crippen molar-refractivity contribution in [2.24, 2.45) is 0 Å². The second kappa shape index (κ2) is 18.9. The van der Waals surface area contributed by atoms with Crippen molar-refractivity contribution in [3.05, 3.63) is 0 Å². The second-order valence-electron chi connectivity index (χ2n) is 8.54. The summed E-state index contributed by atoms with van der Waals surface area (Å²) in [6, 6.07) is 0. The van der Waals surface area contributed by atoms with Crippen LogP contribution in [0.3, 0.4) is 0 Å². The van der Waals surface area contributed by atoms with Gasteiger partial charge < -0.3 is 5.11 Å². The van der Waals surface area contributed by atoms with E-state index in [2.05, 4.69) is 13.8 Å². The van der Waals surface area contributed by atoms with Crippen molar-refractivity contribution in [2.75, 3.05) is 0 Å². The van der Waals surface area contributed by atoms with E-state index in [0.29, 0.717) is 25.7 Å². The van der Waals surface area contributed by atoms with E-state index < -0.39 is 15.4 Å². The Bertz CT molecular complexity index is 422. The first kappa shape index (κ1) is 27.9. The summed E-state index contributed by atoms with van der Waals surface area (Å²) in [5, 5.41) is 9.46. The molecule has 28 heavy (non-hydrogen) atoms. The number of rotatable bonds is 21. The summed E-state index contributed by atoms with van der Waals surface area (Å²) >= 11 is 0. The molecule has 0 saturated heterocycles. The van der Waals surface area contributed by atoms with Gasteiger partial charge in [0.25, 0.3) is 10.1 Å². The minimum absolute atomic E-state index is 0.337. The van der Waals surface area contributed by atoms with Gasteiger partial charge in [0.15, 0.2) is 0 Å². The maximum Gasteiger partial charge on any atom is 0.267 e. The fourth-order valence-corrected chi connectivity index (χ4v) is 4.76. The SMILES string of the molecule is CCCCCCCCCCC(O)CCCC(CCCCCCCC)S(=O)(=O)O. The molecular weight excluding hydrogens is 372 g/mol. The number of hydrogen-bond acceptors (Lipinski definition) is 3. The molecule has 0 radical (unpaired) electrons. The van der Waals surface area contributed by atoms with Crippen LogP contribution in [0.2, 0.25) is 0 Å². The molecule has 0 heterocycles. The van der Waals surface area contributed by atoms with Crippen LogP contribution in [0, 0.1) is 0 Å². The van der Waals surface area contributed by atoms with E-state index in [4.69, 9.17) is 0 Å². The Hall–Kier alpha value is -0.130. The normalized spacial score (nSPS) is 14.3. The molecule has 0 aliphatic carbocycles. The molecule has 0 fully saturated rings. The van der Waals surface area contributed by atoms with Gasteiger partial charge in [0.05, 0.1) is 11.4 Å². The highest BCUT2D eigenvalue weighted by atomic mass is 32.2. The molecule has 0 saturated carbocycles.